The van der Waals surface area contributed by atoms with Crippen LogP contribution < -0.4 is 0 Å². The zero-order valence-electron chi connectivity index (χ0n) is 13.4. The van der Waals surface area contributed by atoms with Crippen LogP contribution in [-0.4, -0.2) is 14.1 Å². The molecule has 0 spiro atoms. The first-order valence-corrected chi connectivity index (χ1v) is 7.89. The Morgan fingerprint density at radius 2 is 2.05 bits per heavy atom. The number of nitrogens with zero attached hydrogens (tertiary/aromatic N) is 3. The standard InChI is InChI=1S/C18H22FN3/c1-4-5-14-8-9-21(11-14)12-22-17-7-6-15(19)10-16(17)20-18(22)13(2)3/h6-11,13H,4-5,12H2,1-3H3. The van der Waals surface area contributed by atoms with Crippen molar-refractivity contribution < 1.29 is 4.39 Å². The van der Waals surface area contributed by atoms with Gasteiger partial charge in [0, 0.05) is 24.4 Å². The fraction of sp³-hybridized carbons (Fsp3) is 0.389. The van der Waals surface area contributed by atoms with Gasteiger partial charge in [0.25, 0.3) is 0 Å². The quantitative estimate of drug-likeness (QED) is 0.677. The highest BCUT2D eigenvalue weighted by atomic mass is 19.1. The first-order valence-electron chi connectivity index (χ1n) is 7.89. The van der Waals surface area contributed by atoms with E-state index >= 15 is 0 Å². The van der Waals surface area contributed by atoms with Crippen molar-refractivity contribution in [1.82, 2.24) is 14.1 Å². The first-order chi connectivity index (χ1) is 10.6. The number of hydrogen-bond acceptors (Lipinski definition) is 1. The van der Waals surface area contributed by atoms with E-state index in [0.29, 0.717) is 12.6 Å². The minimum Gasteiger partial charge on any atom is -0.336 e. The highest BCUT2D eigenvalue weighted by Crippen LogP contribution is 2.23. The molecule has 0 N–H and O–H groups in total. The predicted molar refractivity (Wildman–Crippen MR) is 87.6 cm³/mol. The van der Waals surface area contributed by atoms with Crippen LogP contribution in [-0.2, 0) is 13.1 Å². The van der Waals surface area contributed by atoms with Crippen LogP contribution >= 0.6 is 0 Å². The van der Waals surface area contributed by atoms with E-state index < -0.39 is 0 Å². The fourth-order valence-electron chi connectivity index (χ4n) is 2.89. The van der Waals surface area contributed by atoms with Gasteiger partial charge in [0.05, 0.1) is 11.0 Å². The van der Waals surface area contributed by atoms with Crippen LogP contribution in [0.3, 0.4) is 0 Å². The monoisotopic (exact) mass is 299 g/mol. The van der Waals surface area contributed by atoms with Gasteiger partial charge in [-0.05, 0) is 30.2 Å². The smallest absolute Gasteiger partial charge is 0.125 e. The summed E-state index contributed by atoms with van der Waals surface area (Å²) in [5.41, 5.74) is 3.06. The Balaban J connectivity index is 2.02. The molecule has 0 aliphatic heterocycles. The Kier molecular flexibility index (Phi) is 4.01. The molecule has 0 amide bonds. The summed E-state index contributed by atoms with van der Waals surface area (Å²) in [6.07, 6.45) is 6.53. The normalized spacial score (nSPS) is 11.7. The molecule has 0 aliphatic rings. The van der Waals surface area contributed by atoms with Gasteiger partial charge >= 0.3 is 0 Å². The third kappa shape index (κ3) is 2.78. The molecule has 22 heavy (non-hydrogen) atoms. The van der Waals surface area contributed by atoms with Crippen molar-refractivity contribution >= 4 is 11.0 Å². The van der Waals surface area contributed by atoms with Crippen LogP contribution in [0.4, 0.5) is 4.39 Å². The molecular weight excluding hydrogens is 277 g/mol. The molecule has 0 saturated carbocycles. The van der Waals surface area contributed by atoms with E-state index in [0.717, 1.165) is 29.7 Å². The van der Waals surface area contributed by atoms with Crippen molar-refractivity contribution in [2.24, 2.45) is 0 Å². The highest BCUT2D eigenvalue weighted by Gasteiger charge is 2.14. The molecule has 3 aromatic rings. The lowest BCUT2D eigenvalue weighted by atomic mass is 10.2. The van der Waals surface area contributed by atoms with Crippen LogP contribution in [0, 0.1) is 5.82 Å². The fourth-order valence-corrected chi connectivity index (χ4v) is 2.89. The molecule has 0 radical (unpaired) electrons. The molecule has 1 aromatic carbocycles. The number of benzene rings is 1. The summed E-state index contributed by atoms with van der Waals surface area (Å²) in [7, 11) is 0. The van der Waals surface area contributed by atoms with Crippen LogP contribution in [0.1, 0.15) is 44.5 Å². The number of fused-ring (bicyclic) bond motifs is 1. The van der Waals surface area contributed by atoms with Crippen LogP contribution in [0.5, 0.6) is 0 Å². The Morgan fingerprint density at radius 3 is 2.77 bits per heavy atom. The van der Waals surface area contributed by atoms with Crippen LogP contribution in [0.15, 0.2) is 36.7 Å². The van der Waals surface area contributed by atoms with Gasteiger partial charge in [-0.2, -0.15) is 0 Å². The second-order valence-electron chi connectivity index (χ2n) is 6.11. The average molecular weight is 299 g/mol. The molecule has 4 heteroatoms. The van der Waals surface area contributed by atoms with Crippen LogP contribution in [0.2, 0.25) is 0 Å². The predicted octanol–water partition coefficient (Wildman–Crippen LogP) is 4.56. The van der Waals surface area contributed by atoms with Crippen molar-refractivity contribution in [3.8, 4) is 0 Å². The lowest BCUT2D eigenvalue weighted by Gasteiger charge is -2.12. The van der Waals surface area contributed by atoms with Gasteiger partial charge < -0.3 is 9.13 Å². The Hall–Kier alpha value is -2.10. The van der Waals surface area contributed by atoms with E-state index in [-0.39, 0.29) is 5.82 Å². The number of aromatic nitrogens is 3. The molecule has 0 aliphatic carbocycles. The summed E-state index contributed by atoms with van der Waals surface area (Å²) < 4.78 is 17.8. The average Bonchev–Trinajstić information content (AvgIpc) is 3.04. The summed E-state index contributed by atoms with van der Waals surface area (Å²) in [6, 6.07) is 7.00. The van der Waals surface area contributed by atoms with Gasteiger partial charge in [-0.25, -0.2) is 9.37 Å². The lowest BCUT2D eigenvalue weighted by molar-refractivity contribution is 0.576. The number of hydrogen-bond donors (Lipinski definition) is 0. The third-order valence-electron chi connectivity index (χ3n) is 3.91. The van der Waals surface area contributed by atoms with E-state index in [1.807, 2.05) is 6.07 Å². The van der Waals surface area contributed by atoms with Crippen molar-refractivity contribution in [2.75, 3.05) is 0 Å². The maximum Gasteiger partial charge on any atom is 0.125 e. The van der Waals surface area contributed by atoms with Gasteiger partial charge in [0.2, 0.25) is 0 Å². The van der Waals surface area contributed by atoms with E-state index in [1.54, 1.807) is 0 Å². The molecule has 0 bridgehead atoms. The van der Waals surface area contributed by atoms with Gasteiger partial charge in [-0.1, -0.05) is 27.2 Å². The molecule has 0 unspecified atom stereocenters. The zero-order chi connectivity index (χ0) is 15.7. The maximum absolute atomic E-state index is 13.4. The SMILES string of the molecule is CCCc1ccn(Cn2c(C(C)C)nc3cc(F)ccc32)c1. The van der Waals surface area contributed by atoms with Gasteiger partial charge in [-0.3, -0.25) is 0 Å². The van der Waals surface area contributed by atoms with E-state index in [1.165, 1.54) is 17.7 Å². The summed E-state index contributed by atoms with van der Waals surface area (Å²) in [6.45, 7) is 7.13. The van der Waals surface area contributed by atoms with Crippen molar-refractivity contribution in [3.63, 3.8) is 0 Å². The molecular formula is C18H22FN3. The van der Waals surface area contributed by atoms with Crippen molar-refractivity contribution in [2.45, 2.75) is 46.2 Å². The summed E-state index contributed by atoms with van der Waals surface area (Å²) in [5.74, 6) is 1.05. The maximum atomic E-state index is 13.4. The third-order valence-corrected chi connectivity index (χ3v) is 3.91. The summed E-state index contributed by atoms with van der Waals surface area (Å²) in [4.78, 5) is 4.62. The molecule has 2 aromatic heterocycles. The first kappa shape index (κ1) is 14.8. The molecule has 116 valence electrons. The van der Waals surface area contributed by atoms with Gasteiger partial charge in [0.1, 0.15) is 18.3 Å². The lowest BCUT2D eigenvalue weighted by Crippen LogP contribution is -2.11. The van der Waals surface area contributed by atoms with Crippen LogP contribution in [0.25, 0.3) is 11.0 Å². The molecule has 0 atom stereocenters. The number of aryl methyl sites for hydroxylation is 1. The van der Waals surface area contributed by atoms with Gasteiger partial charge in [-0.15, -0.1) is 0 Å². The topological polar surface area (TPSA) is 22.8 Å². The van der Waals surface area contributed by atoms with E-state index in [9.17, 15) is 4.39 Å². The van der Waals surface area contributed by atoms with Gasteiger partial charge in [0.15, 0.2) is 0 Å². The molecule has 0 fully saturated rings. The number of rotatable bonds is 5. The summed E-state index contributed by atoms with van der Waals surface area (Å²) in [5, 5.41) is 0. The van der Waals surface area contributed by atoms with Crippen molar-refractivity contribution in [3.05, 3.63) is 53.9 Å². The van der Waals surface area contributed by atoms with Crippen molar-refractivity contribution in [1.29, 1.82) is 0 Å². The summed E-state index contributed by atoms with van der Waals surface area (Å²) >= 11 is 0. The highest BCUT2D eigenvalue weighted by molar-refractivity contribution is 5.76. The Morgan fingerprint density at radius 1 is 1.23 bits per heavy atom. The largest absolute Gasteiger partial charge is 0.336 e. The second kappa shape index (κ2) is 5.95. The molecule has 0 saturated heterocycles. The minimum absolute atomic E-state index is 0.237. The Bertz CT molecular complexity index is 783. The van der Waals surface area contributed by atoms with E-state index in [2.05, 4.69) is 53.3 Å². The zero-order valence-corrected chi connectivity index (χ0v) is 13.4. The number of imidazole rings is 1. The molecule has 2 heterocycles. The molecule has 3 rings (SSSR count). The Labute approximate surface area is 130 Å². The van der Waals surface area contributed by atoms with E-state index in [4.69, 9.17) is 0 Å². The minimum atomic E-state index is -0.237. The molecule has 3 nitrogen and oxygen atoms in total. The second-order valence-corrected chi connectivity index (χ2v) is 6.11. The number of halogens is 1.